The average molecular weight is 431 g/mol. The van der Waals surface area contributed by atoms with Crippen LogP contribution in [0.3, 0.4) is 0 Å². The Bertz CT molecular complexity index is 854. The van der Waals surface area contributed by atoms with E-state index < -0.39 is 11.0 Å². The van der Waals surface area contributed by atoms with Gasteiger partial charge in [0, 0.05) is 32.1 Å². The summed E-state index contributed by atoms with van der Waals surface area (Å²) in [5, 5.41) is 13.4. The van der Waals surface area contributed by atoms with Crippen molar-refractivity contribution in [3.05, 3.63) is 24.3 Å². The summed E-state index contributed by atoms with van der Waals surface area (Å²) in [7, 11) is 0. The molecule has 31 heavy (non-hydrogen) atoms. The molecule has 0 radical (unpaired) electrons. The maximum absolute atomic E-state index is 13.5. The number of benzene rings is 1. The molecule has 0 bridgehead atoms. The standard InChI is InChI=1S/C21H28N4O3.CH2O2/c1-2-24-11-15-12-28-14-20(15,13-24)19(27)25-9-7-21(8-10-25)18(26)22-16-5-3-4-6-17(16)23-21;2-1-3/h3-6,15,23H,2,7-14H2,1H3,(H,22,26);1H,(H,2,3)/t15-,20-;/m0./s1. The van der Waals surface area contributed by atoms with Crippen LogP contribution < -0.4 is 10.6 Å². The van der Waals surface area contributed by atoms with Crippen molar-refractivity contribution in [1.82, 2.24) is 9.80 Å². The van der Waals surface area contributed by atoms with E-state index in [1.807, 2.05) is 29.2 Å². The number of para-hydroxylation sites is 2. The molecule has 168 valence electrons. The molecule has 3 N–H and O–H groups in total. The van der Waals surface area contributed by atoms with Gasteiger partial charge in [0.05, 0.1) is 30.0 Å². The Morgan fingerprint density at radius 2 is 1.97 bits per heavy atom. The van der Waals surface area contributed by atoms with E-state index in [9.17, 15) is 9.59 Å². The van der Waals surface area contributed by atoms with Crippen LogP contribution in [0, 0.1) is 11.3 Å². The molecule has 3 saturated heterocycles. The Balaban J connectivity index is 0.000000730. The van der Waals surface area contributed by atoms with Gasteiger partial charge < -0.3 is 30.3 Å². The number of ether oxygens (including phenoxy) is 1. The summed E-state index contributed by atoms with van der Waals surface area (Å²) in [6, 6.07) is 7.78. The first-order valence-corrected chi connectivity index (χ1v) is 10.8. The van der Waals surface area contributed by atoms with Crippen molar-refractivity contribution in [1.29, 1.82) is 0 Å². The molecule has 0 aliphatic carbocycles. The van der Waals surface area contributed by atoms with Gasteiger partial charge in [-0.15, -0.1) is 0 Å². The molecule has 0 aromatic heterocycles. The minimum absolute atomic E-state index is 0.0107. The fraction of sp³-hybridized carbons (Fsp3) is 0.591. The lowest BCUT2D eigenvalue weighted by Crippen LogP contribution is -2.61. The van der Waals surface area contributed by atoms with E-state index in [-0.39, 0.29) is 18.3 Å². The lowest BCUT2D eigenvalue weighted by atomic mass is 9.78. The Labute approximate surface area is 181 Å². The number of carbonyl (C=O) groups is 3. The molecule has 4 aliphatic rings. The number of nitrogens with one attached hydrogen (secondary N) is 2. The van der Waals surface area contributed by atoms with Gasteiger partial charge in [-0.3, -0.25) is 14.4 Å². The van der Waals surface area contributed by atoms with Crippen LogP contribution in [-0.4, -0.2) is 84.7 Å². The number of nitrogens with zero attached hydrogens (tertiary/aromatic N) is 2. The number of carbonyl (C=O) groups excluding carboxylic acids is 2. The van der Waals surface area contributed by atoms with Gasteiger partial charge in [0.25, 0.3) is 6.47 Å². The second-order valence-electron chi connectivity index (χ2n) is 8.80. The normalized spacial score (nSPS) is 28.6. The molecule has 0 unspecified atom stereocenters. The number of fused-ring (bicyclic) bond motifs is 2. The fourth-order valence-corrected chi connectivity index (χ4v) is 5.40. The summed E-state index contributed by atoms with van der Waals surface area (Å²) in [5.41, 5.74) is 0.765. The predicted octanol–water partition coefficient (Wildman–Crippen LogP) is 1.08. The first kappa shape index (κ1) is 21.6. The summed E-state index contributed by atoms with van der Waals surface area (Å²) >= 11 is 0. The number of carboxylic acid groups (broad SMARTS) is 1. The molecule has 2 atom stereocenters. The second kappa shape index (κ2) is 8.47. The highest BCUT2D eigenvalue weighted by atomic mass is 16.5. The Kier molecular flexibility index (Phi) is 5.90. The molecule has 1 aromatic carbocycles. The van der Waals surface area contributed by atoms with Gasteiger partial charge in [-0.25, -0.2) is 0 Å². The lowest BCUT2D eigenvalue weighted by Gasteiger charge is -2.45. The van der Waals surface area contributed by atoms with Crippen molar-refractivity contribution in [2.75, 3.05) is 56.6 Å². The molecule has 5 rings (SSSR count). The molecule has 1 aromatic rings. The maximum atomic E-state index is 13.5. The van der Waals surface area contributed by atoms with Crippen molar-refractivity contribution in [2.45, 2.75) is 25.3 Å². The number of hydrogen-bond donors (Lipinski definition) is 3. The zero-order valence-corrected chi connectivity index (χ0v) is 17.8. The summed E-state index contributed by atoms with van der Waals surface area (Å²) in [5.74, 6) is 0.521. The fourth-order valence-electron chi connectivity index (χ4n) is 5.40. The van der Waals surface area contributed by atoms with Crippen molar-refractivity contribution in [3.8, 4) is 0 Å². The first-order valence-electron chi connectivity index (χ1n) is 10.8. The van der Waals surface area contributed by atoms with Gasteiger partial charge >= 0.3 is 0 Å². The topological polar surface area (TPSA) is 111 Å². The van der Waals surface area contributed by atoms with Crippen molar-refractivity contribution in [3.63, 3.8) is 0 Å². The van der Waals surface area contributed by atoms with Gasteiger partial charge in [0.15, 0.2) is 0 Å². The molecule has 9 nitrogen and oxygen atoms in total. The van der Waals surface area contributed by atoms with Gasteiger partial charge in [-0.1, -0.05) is 19.1 Å². The lowest BCUT2D eigenvalue weighted by molar-refractivity contribution is -0.145. The largest absolute Gasteiger partial charge is 0.483 e. The number of amides is 2. The Morgan fingerprint density at radius 1 is 1.29 bits per heavy atom. The van der Waals surface area contributed by atoms with E-state index in [1.54, 1.807) is 0 Å². The van der Waals surface area contributed by atoms with Crippen LogP contribution in [0.1, 0.15) is 19.8 Å². The van der Waals surface area contributed by atoms with Crippen LogP contribution >= 0.6 is 0 Å². The second-order valence-corrected chi connectivity index (χ2v) is 8.80. The van der Waals surface area contributed by atoms with Crippen LogP contribution in [-0.2, 0) is 19.1 Å². The summed E-state index contributed by atoms with van der Waals surface area (Å²) in [4.78, 5) is 39.0. The highest BCUT2D eigenvalue weighted by molar-refractivity contribution is 6.06. The number of piperidine rings is 1. The van der Waals surface area contributed by atoms with E-state index in [2.05, 4.69) is 22.5 Å². The molecule has 4 aliphatic heterocycles. The van der Waals surface area contributed by atoms with Gasteiger partial charge in [0.1, 0.15) is 5.54 Å². The summed E-state index contributed by atoms with van der Waals surface area (Å²) < 4.78 is 5.73. The van der Waals surface area contributed by atoms with Crippen LogP contribution in [0.15, 0.2) is 24.3 Å². The minimum Gasteiger partial charge on any atom is -0.483 e. The van der Waals surface area contributed by atoms with Gasteiger partial charge in [0.2, 0.25) is 11.8 Å². The number of anilines is 2. The molecule has 4 heterocycles. The third-order valence-corrected chi connectivity index (χ3v) is 7.21. The Morgan fingerprint density at radius 3 is 2.65 bits per heavy atom. The third kappa shape index (κ3) is 3.65. The van der Waals surface area contributed by atoms with Gasteiger partial charge in [-0.2, -0.15) is 0 Å². The predicted molar refractivity (Wildman–Crippen MR) is 115 cm³/mol. The number of rotatable bonds is 2. The number of likely N-dealkylation sites (tertiary alicyclic amines) is 2. The molecule has 0 saturated carbocycles. The number of hydrogen-bond acceptors (Lipinski definition) is 6. The molecule has 9 heteroatoms. The Hall–Kier alpha value is -2.65. The average Bonchev–Trinajstić information content (AvgIpc) is 3.33. The third-order valence-electron chi connectivity index (χ3n) is 7.21. The van der Waals surface area contributed by atoms with Crippen molar-refractivity contribution >= 4 is 29.7 Å². The zero-order valence-electron chi connectivity index (χ0n) is 17.8. The minimum atomic E-state index is -0.625. The van der Waals surface area contributed by atoms with Crippen LogP contribution in [0.5, 0.6) is 0 Å². The smallest absolute Gasteiger partial charge is 0.290 e. The molecular weight excluding hydrogens is 400 g/mol. The molecule has 1 spiro atoms. The highest BCUT2D eigenvalue weighted by Gasteiger charge is 2.57. The first-order chi connectivity index (χ1) is 15.0. The summed E-state index contributed by atoms with van der Waals surface area (Å²) in [6.45, 7) is 7.02. The van der Waals surface area contributed by atoms with Gasteiger partial charge in [-0.05, 0) is 31.5 Å². The quantitative estimate of drug-likeness (QED) is 0.602. The van der Waals surface area contributed by atoms with E-state index in [0.29, 0.717) is 45.1 Å². The molecular formula is C22H30N4O5. The molecule has 2 amide bonds. The monoisotopic (exact) mass is 430 g/mol. The maximum Gasteiger partial charge on any atom is 0.290 e. The van der Waals surface area contributed by atoms with Crippen LogP contribution in [0.2, 0.25) is 0 Å². The summed E-state index contributed by atoms with van der Waals surface area (Å²) in [6.07, 6.45) is 1.25. The highest BCUT2D eigenvalue weighted by Crippen LogP contribution is 2.44. The van der Waals surface area contributed by atoms with Crippen LogP contribution in [0.4, 0.5) is 11.4 Å². The van der Waals surface area contributed by atoms with E-state index in [0.717, 1.165) is 31.0 Å². The zero-order chi connectivity index (χ0) is 22.1. The van der Waals surface area contributed by atoms with E-state index in [1.165, 1.54) is 0 Å². The van der Waals surface area contributed by atoms with E-state index >= 15 is 0 Å². The molecule has 3 fully saturated rings. The van der Waals surface area contributed by atoms with E-state index in [4.69, 9.17) is 14.6 Å². The van der Waals surface area contributed by atoms with Crippen molar-refractivity contribution in [2.24, 2.45) is 11.3 Å². The van der Waals surface area contributed by atoms with Crippen LogP contribution in [0.25, 0.3) is 0 Å². The SMILES string of the molecule is CCN1C[C@H]2COC[C@@]2(C(=O)N2CCC3(CC2)Nc2ccccc2NC3=O)C1.O=CO. The van der Waals surface area contributed by atoms with Crippen molar-refractivity contribution < 1.29 is 24.2 Å².